The lowest BCUT2D eigenvalue weighted by atomic mass is 10.2. The number of guanidine groups is 1. The summed E-state index contributed by atoms with van der Waals surface area (Å²) in [5, 5.41) is 4.59. The lowest BCUT2D eigenvalue weighted by molar-refractivity contribution is 0.534. The average molecular weight is 258 g/mol. The van der Waals surface area contributed by atoms with E-state index in [1.54, 1.807) is 6.07 Å². The SMILES string of the molecule is CN1CCN=C1NCc1ccc(Cl)cc1Cl. The normalized spacial score (nSPS) is 15.2. The molecule has 0 aliphatic carbocycles. The molecule has 0 fully saturated rings. The van der Waals surface area contributed by atoms with Crippen molar-refractivity contribution in [2.45, 2.75) is 6.54 Å². The van der Waals surface area contributed by atoms with E-state index >= 15 is 0 Å². The topological polar surface area (TPSA) is 27.6 Å². The van der Waals surface area contributed by atoms with E-state index in [4.69, 9.17) is 23.2 Å². The molecule has 0 saturated carbocycles. The van der Waals surface area contributed by atoms with E-state index in [1.807, 2.05) is 19.2 Å². The highest BCUT2D eigenvalue weighted by Gasteiger charge is 2.11. The molecule has 0 unspecified atom stereocenters. The minimum Gasteiger partial charge on any atom is -0.352 e. The van der Waals surface area contributed by atoms with Gasteiger partial charge in [-0.25, -0.2) is 0 Å². The Morgan fingerprint density at radius 2 is 2.25 bits per heavy atom. The van der Waals surface area contributed by atoms with Gasteiger partial charge in [-0.3, -0.25) is 4.99 Å². The third kappa shape index (κ3) is 2.60. The van der Waals surface area contributed by atoms with Gasteiger partial charge in [-0.2, -0.15) is 0 Å². The van der Waals surface area contributed by atoms with Crippen molar-refractivity contribution < 1.29 is 0 Å². The van der Waals surface area contributed by atoms with Crippen LogP contribution >= 0.6 is 23.2 Å². The number of rotatable bonds is 2. The van der Waals surface area contributed by atoms with Crippen molar-refractivity contribution in [1.82, 2.24) is 10.2 Å². The third-order valence-electron chi connectivity index (χ3n) is 2.51. The maximum Gasteiger partial charge on any atom is 0.194 e. The van der Waals surface area contributed by atoms with Crippen LogP contribution in [0.25, 0.3) is 0 Å². The van der Waals surface area contributed by atoms with Crippen LogP contribution in [0, 0.1) is 0 Å². The highest BCUT2D eigenvalue weighted by Crippen LogP contribution is 2.20. The van der Waals surface area contributed by atoms with Gasteiger partial charge in [0.05, 0.1) is 6.54 Å². The fourth-order valence-corrected chi connectivity index (χ4v) is 2.04. The van der Waals surface area contributed by atoms with Gasteiger partial charge in [0.2, 0.25) is 0 Å². The predicted molar refractivity (Wildman–Crippen MR) is 68.2 cm³/mol. The van der Waals surface area contributed by atoms with Gasteiger partial charge in [-0.15, -0.1) is 0 Å². The van der Waals surface area contributed by atoms with Crippen molar-refractivity contribution in [2.75, 3.05) is 20.1 Å². The fourth-order valence-electron chi connectivity index (χ4n) is 1.56. The number of nitrogens with one attached hydrogen (secondary N) is 1. The highest BCUT2D eigenvalue weighted by atomic mass is 35.5. The Hall–Kier alpha value is -0.930. The second kappa shape index (κ2) is 4.93. The Labute approximate surface area is 105 Å². The number of halogens is 2. The van der Waals surface area contributed by atoms with Crippen molar-refractivity contribution in [1.29, 1.82) is 0 Å². The summed E-state index contributed by atoms with van der Waals surface area (Å²) in [6.45, 7) is 2.49. The molecule has 86 valence electrons. The zero-order valence-corrected chi connectivity index (χ0v) is 10.5. The van der Waals surface area contributed by atoms with E-state index in [-0.39, 0.29) is 0 Å². The molecule has 0 spiro atoms. The van der Waals surface area contributed by atoms with Crippen molar-refractivity contribution in [3.8, 4) is 0 Å². The predicted octanol–water partition coefficient (Wildman–Crippen LogP) is 2.38. The summed E-state index contributed by atoms with van der Waals surface area (Å²) in [7, 11) is 2.02. The fraction of sp³-hybridized carbons (Fsp3) is 0.364. The first-order valence-electron chi connectivity index (χ1n) is 5.10. The Bertz CT molecular complexity index is 418. The standard InChI is InChI=1S/C11H13Cl2N3/c1-16-5-4-14-11(16)15-7-8-2-3-9(12)6-10(8)13/h2-3,6H,4-5,7H2,1H3,(H,14,15). The summed E-state index contributed by atoms with van der Waals surface area (Å²) in [5.41, 5.74) is 1.02. The Balaban J connectivity index is 1.99. The minimum atomic E-state index is 0.657. The number of hydrogen-bond donors (Lipinski definition) is 1. The van der Waals surface area contributed by atoms with Gasteiger partial charge in [0, 0.05) is 30.2 Å². The van der Waals surface area contributed by atoms with Gasteiger partial charge in [-0.1, -0.05) is 29.3 Å². The zero-order valence-electron chi connectivity index (χ0n) is 9.00. The molecule has 0 bridgehead atoms. The summed E-state index contributed by atoms with van der Waals surface area (Å²) in [6, 6.07) is 5.51. The molecule has 1 heterocycles. The maximum absolute atomic E-state index is 6.07. The van der Waals surface area contributed by atoms with Gasteiger partial charge >= 0.3 is 0 Å². The van der Waals surface area contributed by atoms with E-state index in [9.17, 15) is 0 Å². The van der Waals surface area contributed by atoms with Crippen LogP contribution in [0.15, 0.2) is 23.2 Å². The van der Waals surface area contributed by atoms with Crippen LogP contribution < -0.4 is 5.32 Å². The van der Waals surface area contributed by atoms with Gasteiger partial charge in [0.15, 0.2) is 5.96 Å². The van der Waals surface area contributed by atoms with E-state index in [1.165, 1.54) is 0 Å². The molecular formula is C11H13Cl2N3. The van der Waals surface area contributed by atoms with Crippen LogP contribution in [0.3, 0.4) is 0 Å². The van der Waals surface area contributed by atoms with Gasteiger partial charge in [0.25, 0.3) is 0 Å². The molecule has 0 atom stereocenters. The van der Waals surface area contributed by atoms with E-state index in [0.29, 0.717) is 16.6 Å². The molecule has 1 aromatic rings. The summed E-state index contributed by atoms with van der Waals surface area (Å²) in [4.78, 5) is 6.43. The molecule has 0 amide bonds. The first-order valence-corrected chi connectivity index (χ1v) is 5.86. The number of hydrogen-bond acceptors (Lipinski definition) is 3. The monoisotopic (exact) mass is 257 g/mol. The zero-order chi connectivity index (χ0) is 11.5. The number of benzene rings is 1. The van der Waals surface area contributed by atoms with Crippen molar-refractivity contribution in [3.05, 3.63) is 33.8 Å². The Morgan fingerprint density at radius 1 is 1.44 bits per heavy atom. The lowest BCUT2D eigenvalue weighted by Crippen LogP contribution is -2.35. The molecule has 3 nitrogen and oxygen atoms in total. The first kappa shape index (κ1) is 11.6. The summed E-state index contributed by atoms with van der Waals surface area (Å²) in [6.07, 6.45) is 0. The second-order valence-electron chi connectivity index (χ2n) is 3.72. The van der Waals surface area contributed by atoms with Crippen LogP contribution in [0.1, 0.15) is 5.56 Å². The number of aliphatic imine (C=N–C) groups is 1. The molecule has 5 heteroatoms. The average Bonchev–Trinajstić information content (AvgIpc) is 2.63. The molecule has 0 radical (unpaired) electrons. The van der Waals surface area contributed by atoms with Crippen molar-refractivity contribution in [2.24, 2.45) is 4.99 Å². The largest absolute Gasteiger partial charge is 0.352 e. The first-order chi connectivity index (χ1) is 7.66. The molecule has 1 aliphatic rings. The lowest BCUT2D eigenvalue weighted by Gasteiger charge is -2.15. The Morgan fingerprint density at radius 3 is 2.88 bits per heavy atom. The van der Waals surface area contributed by atoms with Crippen LogP contribution in [-0.4, -0.2) is 31.0 Å². The van der Waals surface area contributed by atoms with Gasteiger partial charge in [-0.05, 0) is 17.7 Å². The molecule has 2 rings (SSSR count). The van der Waals surface area contributed by atoms with Crippen LogP contribution in [0.4, 0.5) is 0 Å². The molecule has 0 saturated heterocycles. The Kier molecular flexibility index (Phi) is 3.56. The smallest absolute Gasteiger partial charge is 0.194 e. The number of nitrogens with zero attached hydrogens (tertiary/aromatic N) is 2. The van der Waals surface area contributed by atoms with Crippen LogP contribution in [-0.2, 0) is 6.54 Å². The minimum absolute atomic E-state index is 0.657. The van der Waals surface area contributed by atoms with E-state index in [2.05, 4.69) is 15.2 Å². The molecule has 1 N–H and O–H groups in total. The van der Waals surface area contributed by atoms with Crippen molar-refractivity contribution >= 4 is 29.2 Å². The maximum atomic E-state index is 6.07. The van der Waals surface area contributed by atoms with Crippen LogP contribution in [0.5, 0.6) is 0 Å². The van der Waals surface area contributed by atoms with Crippen LogP contribution in [0.2, 0.25) is 10.0 Å². The number of likely N-dealkylation sites (N-methyl/N-ethyl adjacent to an activating group) is 1. The summed E-state index contributed by atoms with van der Waals surface area (Å²) in [5.74, 6) is 0.922. The molecule has 16 heavy (non-hydrogen) atoms. The molecular weight excluding hydrogens is 245 g/mol. The molecule has 0 aromatic heterocycles. The quantitative estimate of drug-likeness (QED) is 0.882. The van der Waals surface area contributed by atoms with Gasteiger partial charge < -0.3 is 10.2 Å². The van der Waals surface area contributed by atoms with E-state index < -0.39 is 0 Å². The molecule has 1 aromatic carbocycles. The highest BCUT2D eigenvalue weighted by molar-refractivity contribution is 6.35. The summed E-state index contributed by atoms with van der Waals surface area (Å²) < 4.78 is 0. The van der Waals surface area contributed by atoms with E-state index in [0.717, 1.165) is 24.6 Å². The third-order valence-corrected chi connectivity index (χ3v) is 3.10. The van der Waals surface area contributed by atoms with Gasteiger partial charge in [0.1, 0.15) is 0 Å². The summed E-state index contributed by atoms with van der Waals surface area (Å²) >= 11 is 11.9. The van der Waals surface area contributed by atoms with Crippen molar-refractivity contribution in [3.63, 3.8) is 0 Å². The molecule has 1 aliphatic heterocycles. The second-order valence-corrected chi connectivity index (χ2v) is 4.56.